The van der Waals surface area contributed by atoms with Crippen LogP contribution in [0.1, 0.15) is 13.8 Å². The van der Waals surface area contributed by atoms with Crippen molar-refractivity contribution < 1.29 is 15.0 Å². The van der Waals surface area contributed by atoms with Gasteiger partial charge in [-0.25, -0.2) is 0 Å². The first-order valence-electron chi connectivity index (χ1n) is 4.18. The van der Waals surface area contributed by atoms with Gasteiger partial charge in [0.2, 0.25) is 0 Å². The molecule has 0 unspecified atom stereocenters. The lowest BCUT2D eigenvalue weighted by Gasteiger charge is -2.17. The quantitative estimate of drug-likeness (QED) is 0.590. The van der Waals surface area contributed by atoms with E-state index in [1.165, 1.54) is 6.08 Å². The molecule has 4 heteroatoms. The third-order valence-electron chi connectivity index (χ3n) is 2.14. The molecule has 76 valence electrons. The fourth-order valence-electron chi connectivity index (χ4n) is 1.06. The molecule has 0 aromatic rings. The van der Waals surface area contributed by atoms with Crippen LogP contribution in [-0.4, -0.2) is 16.1 Å². The molecule has 0 fully saturated rings. The number of carbonyl (C=O) groups excluding carboxylic acids is 1. The number of primary amides is 1. The summed E-state index contributed by atoms with van der Waals surface area (Å²) in [5.74, 6) is -1.04. The summed E-state index contributed by atoms with van der Waals surface area (Å²) in [4.78, 5) is 10.9. The van der Waals surface area contributed by atoms with Crippen molar-refractivity contribution >= 4 is 5.91 Å². The highest BCUT2D eigenvalue weighted by atomic mass is 16.3. The molecule has 0 saturated carbocycles. The van der Waals surface area contributed by atoms with Crippen LogP contribution in [0.5, 0.6) is 0 Å². The molecule has 1 aliphatic rings. The fourth-order valence-corrected chi connectivity index (χ4v) is 1.06. The smallest absolute Gasteiger partial charge is 0.252 e. The van der Waals surface area contributed by atoms with E-state index in [1.54, 1.807) is 19.9 Å². The van der Waals surface area contributed by atoms with Crippen LogP contribution in [0.25, 0.3) is 0 Å². The van der Waals surface area contributed by atoms with Gasteiger partial charge in [-0.05, 0) is 19.9 Å². The molecule has 1 amide bonds. The molecule has 0 spiro atoms. The van der Waals surface area contributed by atoms with Crippen LogP contribution in [0.4, 0.5) is 0 Å². The van der Waals surface area contributed by atoms with Gasteiger partial charge < -0.3 is 15.9 Å². The van der Waals surface area contributed by atoms with Crippen LogP contribution in [0.3, 0.4) is 0 Å². The first kappa shape index (κ1) is 10.4. The average molecular weight is 195 g/mol. The Bertz CT molecular complexity index is 362. The SMILES string of the molecule is CC1(C)C=CC(C(N)=O)=C(O)C=C1O. The molecule has 0 aromatic carbocycles. The van der Waals surface area contributed by atoms with E-state index >= 15 is 0 Å². The number of rotatable bonds is 1. The zero-order chi connectivity index (χ0) is 10.9. The topological polar surface area (TPSA) is 83.6 Å². The van der Waals surface area contributed by atoms with Crippen molar-refractivity contribution in [3.8, 4) is 0 Å². The molecule has 1 rings (SSSR count). The molecule has 1 aliphatic carbocycles. The number of aliphatic hydroxyl groups is 2. The van der Waals surface area contributed by atoms with Gasteiger partial charge in [0.05, 0.1) is 5.57 Å². The van der Waals surface area contributed by atoms with E-state index in [2.05, 4.69) is 0 Å². The van der Waals surface area contributed by atoms with E-state index in [-0.39, 0.29) is 17.1 Å². The van der Waals surface area contributed by atoms with Crippen LogP contribution in [0.2, 0.25) is 0 Å². The Balaban J connectivity index is 3.26. The molecule has 4 nitrogen and oxygen atoms in total. The van der Waals surface area contributed by atoms with Gasteiger partial charge in [-0.15, -0.1) is 0 Å². The Kier molecular flexibility index (Phi) is 2.38. The Morgan fingerprint density at radius 2 is 2.00 bits per heavy atom. The predicted octanol–water partition coefficient (Wildman–Crippen LogP) is 1.32. The molecule has 0 atom stereocenters. The van der Waals surface area contributed by atoms with Gasteiger partial charge >= 0.3 is 0 Å². The highest BCUT2D eigenvalue weighted by molar-refractivity contribution is 5.95. The third-order valence-corrected chi connectivity index (χ3v) is 2.14. The van der Waals surface area contributed by atoms with Crippen LogP contribution in [-0.2, 0) is 4.79 Å². The molecule has 0 bridgehead atoms. The summed E-state index contributed by atoms with van der Waals surface area (Å²) in [6.07, 6.45) is 4.17. The van der Waals surface area contributed by atoms with E-state index in [1.807, 2.05) is 0 Å². The molecule has 0 aromatic heterocycles. The zero-order valence-electron chi connectivity index (χ0n) is 8.11. The van der Waals surface area contributed by atoms with Crippen LogP contribution in [0, 0.1) is 5.41 Å². The van der Waals surface area contributed by atoms with E-state index < -0.39 is 11.3 Å². The van der Waals surface area contributed by atoms with Crippen LogP contribution >= 0.6 is 0 Å². The van der Waals surface area contributed by atoms with Gasteiger partial charge in [-0.1, -0.05) is 6.08 Å². The minimum Gasteiger partial charge on any atom is -0.511 e. The fraction of sp³-hybridized carbons (Fsp3) is 0.300. The lowest BCUT2D eigenvalue weighted by Crippen LogP contribution is -2.14. The second-order valence-electron chi connectivity index (χ2n) is 3.75. The summed E-state index contributed by atoms with van der Waals surface area (Å²) >= 11 is 0. The van der Waals surface area contributed by atoms with Gasteiger partial charge in [-0.2, -0.15) is 0 Å². The number of allylic oxidation sites excluding steroid dienone is 2. The highest BCUT2D eigenvalue weighted by Gasteiger charge is 2.24. The van der Waals surface area contributed by atoms with Crippen molar-refractivity contribution in [3.05, 3.63) is 35.3 Å². The summed E-state index contributed by atoms with van der Waals surface area (Å²) < 4.78 is 0. The maximum absolute atomic E-state index is 10.9. The lowest BCUT2D eigenvalue weighted by molar-refractivity contribution is -0.114. The van der Waals surface area contributed by atoms with Crippen LogP contribution in [0.15, 0.2) is 35.3 Å². The van der Waals surface area contributed by atoms with Crippen molar-refractivity contribution in [3.63, 3.8) is 0 Å². The molecular weight excluding hydrogens is 182 g/mol. The lowest BCUT2D eigenvalue weighted by atomic mass is 9.91. The average Bonchev–Trinajstić information content (AvgIpc) is 2.10. The monoisotopic (exact) mass is 195 g/mol. The van der Waals surface area contributed by atoms with Crippen molar-refractivity contribution in [1.29, 1.82) is 0 Å². The number of hydrogen-bond acceptors (Lipinski definition) is 3. The summed E-state index contributed by atoms with van der Waals surface area (Å²) in [7, 11) is 0. The molecule has 0 saturated heterocycles. The molecule has 0 heterocycles. The summed E-state index contributed by atoms with van der Waals surface area (Å²) in [5, 5.41) is 19.0. The van der Waals surface area contributed by atoms with Crippen molar-refractivity contribution in [2.24, 2.45) is 11.1 Å². The molecule has 0 aliphatic heterocycles. The van der Waals surface area contributed by atoms with Gasteiger partial charge in [0.1, 0.15) is 11.5 Å². The highest BCUT2D eigenvalue weighted by Crippen LogP contribution is 2.30. The first-order valence-corrected chi connectivity index (χ1v) is 4.18. The van der Waals surface area contributed by atoms with E-state index in [4.69, 9.17) is 5.73 Å². The van der Waals surface area contributed by atoms with Crippen molar-refractivity contribution in [1.82, 2.24) is 0 Å². The van der Waals surface area contributed by atoms with Gasteiger partial charge in [0, 0.05) is 11.5 Å². The number of aliphatic hydroxyl groups excluding tert-OH is 2. The number of carbonyl (C=O) groups is 1. The van der Waals surface area contributed by atoms with Gasteiger partial charge in [0.15, 0.2) is 0 Å². The normalized spacial score (nSPS) is 20.3. The Labute approximate surface area is 82.0 Å². The number of nitrogens with two attached hydrogens (primary N) is 1. The summed E-state index contributed by atoms with van der Waals surface area (Å²) in [5.41, 5.74) is 4.44. The largest absolute Gasteiger partial charge is 0.511 e. The van der Waals surface area contributed by atoms with Gasteiger partial charge in [0.25, 0.3) is 5.91 Å². The Morgan fingerprint density at radius 3 is 2.50 bits per heavy atom. The molecule has 14 heavy (non-hydrogen) atoms. The van der Waals surface area contributed by atoms with Crippen molar-refractivity contribution in [2.45, 2.75) is 13.8 Å². The van der Waals surface area contributed by atoms with E-state index in [0.717, 1.165) is 6.08 Å². The summed E-state index contributed by atoms with van der Waals surface area (Å²) in [6, 6.07) is 0. The molecular formula is C10H13NO3. The minimum atomic E-state index is -0.722. The number of amides is 1. The van der Waals surface area contributed by atoms with E-state index in [9.17, 15) is 15.0 Å². The maximum Gasteiger partial charge on any atom is 0.252 e. The Morgan fingerprint density at radius 1 is 1.43 bits per heavy atom. The maximum atomic E-state index is 10.9. The van der Waals surface area contributed by atoms with Crippen LogP contribution < -0.4 is 5.73 Å². The second kappa shape index (κ2) is 3.21. The van der Waals surface area contributed by atoms with E-state index in [0.29, 0.717) is 0 Å². The Hall–Kier alpha value is -1.71. The second-order valence-corrected chi connectivity index (χ2v) is 3.75. The first-order chi connectivity index (χ1) is 6.34. The predicted molar refractivity (Wildman–Crippen MR) is 52.5 cm³/mol. The zero-order valence-corrected chi connectivity index (χ0v) is 8.11. The standard InChI is InChI=1S/C10H13NO3/c1-10(2)4-3-6(9(11)14)7(12)5-8(10)13/h3-5,12-13H,1-2H3,(H2,11,14). The number of hydrogen-bond donors (Lipinski definition) is 3. The summed E-state index contributed by atoms with van der Waals surface area (Å²) in [6.45, 7) is 3.51. The molecule has 4 N–H and O–H groups in total. The van der Waals surface area contributed by atoms with Gasteiger partial charge in [-0.3, -0.25) is 4.79 Å². The molecule has 0 radical (unpaired) electrons. The third kappa shape index (κ3) is 1.79. The minimum absolute atomic E-state index is 0.00197. The van der Waals surface area contributed by atoms with Crippen molar-refractivity contribution in [2.75, 3.05) is 0 Å².